The zero-order chi connectivity index (χ0) is 18.5. The summed E-state index contributed by atoms with van der Waals surface area (Å²) in [4.78, 5) is 15.9. The number of benzene rings is 2. The van der Waals surface area contributed by atoms with Gasteiger partial charge >= 0.3 is 5.97 Å². The van der Waals surface area contributed by atoms with Gasteiger partial charge in [-0.3, -0.25) is 4.99 Å². The largest absolute Gasteiger partial charge is 0.496 e. The molecule has 3 N–H and O–H groups in total. The fourth-order valence-electron chi connectivity index (χ4n) is 3.00. The molecule has 26 heavy (non-hydrogen) atoms. The number of aliphatic imine (C=N–C) groups is 1. The SMILES string of the molecule is COc1ccc(CNC(C)C2=NCC(c3ccccc3)N2)cc1C(=O)O. The maximum absolute atomic E-state index is 11.3. The fraction of sp³-hybridized carbons (Fsp3) is 0.300. The van der Waals surface area contributed by atoms with Crippen LogP contribution in [0.4, 0.5) is 0 Å². The van der Waals surface area contributed by atoms with E-state index in [0.29, 0.717) is 12.3 Å². The van der Waals surface area contributed by atoms with Gasteiger partial charge in [0.2, 0.25) is 0 Å². The van der Waals surface area contributed by atoms with Crippen LogP contribution in [-0.2, 0) is 6.54 Å². The van der Waals surface area contributed by atoms with Gasteiger partial charge in [-0.1, -0.05) is 36.4 Å². The molecule has 6 heteroatoms. The molecule has 2 aromatic rings. The standard InChI is InChI=1S/C20H23N3O3/c1-13(19-22-12-17(23-19)15-6-4-3-5-7-15)21-11-14-8-9-18(26-2)16(10-14)20(24)25/h3-10,13,17,21H,11-12H2,1-2H3,(H,22,23)(H,24,25). The van der Waals surface area contributed by atoms with Crippen molar-refractivity contribution in [2.75, 3.05) is 13.7 Å². The van der Waals surface area contributed by atoms with Crippen LogP contribution in [0.2, 0.25) is 0 Å². The molecule has 0 saturated heterocycles. The van der Waals surface area contributed by atoms with Crippen molar-refractivity contribution in [3.05, 3.63) is 65.2 Å². The minimum Gasteiger partial charge on any atom is -0.496 e. The van der Waals surface area contributed by atoms with Gasteiger partial charge in [0.1, 0.15) is 17.1 Å². The lowest BCUT2D eigenvalue weighted by molar-refractivity contribution is 0.0693. The van der Waals surface area contributed by atoms with Gasteiger partial charge in [0.25, 0.3) is 0 Å². The van der Waals surface area contributed by atoms with Gasteiger partial charge in [-0.05, 0) is 30.2 Å². The number of carboxylic acid groups (broad SMARTS) is 1. The molecule has 1 aliphatic rings. The molecule has 0 aliphatic carbocycles. The Labute approximate surface area is 152 Å². The second kappa shape index (κ2) is 8.01. The van der Waals surface area contributed by atoms with Gasteiger partial charge in [0.05, 0.1) is 25.7 Å². The van der Waals surface area contributed by atoms with Crippen LogP contribution in [-0.4, -0.2) is 36.6 Å². The minimum atomic E-state index is -0.996. The summed E-state index contributed by atoms with van der Waals surface area (Å²) < 4.78 is 5.09. The molecular weight excluding hydrogens is 330 g/mol. The van der Waals surface area contributed by atoms with Crippen LogP contribution in [0, 0.1) is 0 Å². The van der Waals surface area contributed by atoms with Crippen molar-refractivity contribution in [2.24, 2.45) is 4.99 Å². The van der Waals surface area contributed by atoms with E-state index in [1.54, 1.807) is 12.1 Å². The lowest BCUT2D eigenvalue weighted by Crippen LogP contribution is -2.40. The summed E-state index contributed by atoms with van der Waals surface area (Å²) in [5.74, 6) is 0.289. The molecular formula is C20H23N3O3. The van der Waals surface area contributed by atoms with Crippen molar-refractivity contribution < 1.29 is 14.6 Å². The molecule has 3 rings (SSSR count). The topological polar surface area (TPSA) is 83.0 Å². The third-order valence-corrected chi connectivity index (χ3v) is 4.49. The van der Waals surface area contributed by atoms with Gasteiger partial charge in [-0.25, -0.2) is 4.79 Å². The molecule has 0 amide bonds. The van der Waals surface area contributed by atoms with Crippen LogP contribution in [0.5, 0.6) is 5.75 Å². The van der Waals surface area contributed by atoms with Gasteiger partial charge in [-0.2, -0.15) is 0 Å². The summed E-state index contributed by atoms with van der Waals surface area (Å²) in [5.41, 5.74) is 2.27. The highest BCUT2D eigenvalue weighted by Gasteiger charge is 2.22. The Morgan fingerprint density at radius 1 is 1.35 bits per heavy atom. The summed E-state index contributed by atoms with van der Waals surface area (Å²) in [7, 11) is 1.47. The number of carboxylic acids is 1. The summed E-state index contributed by atoms with van der Waals surface area (Å²) >= 11 is 0. The van der Waals surface area contributed by atoms with E-state index in [0.717, 1.165) is 17.9 Å². The van der Waals surface area contributed by atoms with Crippen molar-refractivity contribution in [3.63, 3.8) is 0 Å². The first kappa shape index (κ1) is 17.9. The van der Waals surface area contributed by atoms with E-state index in [1.807, 2.05) is 31.2 Å². The number of rotatable bonds is 7. The number of nitrogens with zero attached hydrogens (tertiary/aromatic N) is 1. The molecule has 0 bridgehead atoms. The Bertz CT molecular complexity index is 805. The third kappa shape index (κ3) is 4.03. The van der Waals surface area contributed by atoms with Crippen LogP contribution in [0.3, 0.4) is 0 Å². The molecule has 0 fully saturated rings. The van der Waals surface area contributed by atoms with Crippen molar-refractivity contribution in [2.45, 2.75) is 25.6 Å². The second-order valence-electron chi connectivity index (χ2n) is 6.28. The van der Waals surface area contributed by atoms with Crippen molar-refractivity contribution in [1.82, 2.24) is 10.6 Å². The maximum atomic E-state index is 11.3. The van der Waals surface area contributed by atoms with E-state index in [-0.39, 0.29) is 17.6 Å². The lowest BCUT2D eigenvalue weighted by atomic mass is 10.1. The molecule has 0 radical (unpaired) electrons. The fourth-order valence-corrected chi connectivity index (χ4v) is 3.00. The molecule has 1 aliphatic heterocycles. The van der Waals surface area contributed by atoms with Crippen LogP contribution < -0.4 is 15.4 Å². The quantitative estimate of drug-likeness (QED) is 0.713. The Morgan fingerprint density at radius 2 is 2.12 bits per heavy atom. The maximum Gasteiger partial charge on any atom is 0.339 e. The second-order valence-corrected chi connectivity index (χ2v) is 6.28. The Morgan fingerprint density at radius 3 is 2.81 bits per heavy atom. The predicted molar refractivity (Wildman–Crippen MR) is 101 cm³/mol. The Hall–Kier alpha value is -2.86. The van der Waals surface area contributed by atoms with E-state index < -0.39 is 5.97 Å². The first-order valence-electron chi connectivity index (χ1n) is 8.58. The number of methoxy groups -OCH3 is 1. The Kier molecular flexibility index (Phi) is 5.53. The zero-order valence-electron chi connectivity index (χ0n) is 14.9. The van der Waals surface area contributed by atoms with E-state index >= 15 is 0 Å². The highest BCUT2D eigenvalue weighted by atomic mass is 16.5. The zero-order valence-corrected chi connectivity index (χ0v) is 14.9. The molecule has 1 heterocycles. The van der Waals surface area contributed by atoms with Gasteiger partial charge in [-0.15, -0.1) is 0 Å². The van der Waals surface area contributed by atoms with Crippen molar-refractivity contribution in [3.8, 4) is 5.75 Å². The minimum absolute atomic E-state index is 0.0408. The van der Waals surface area contributed by atoms with E-state index in [1.165, 1.54) is 12.7 Å². The molecule has 2 atom stereocenters. The predicted octanol–water partition coefficient (Wildman–Crippen LogP) is 2.61. The molecule has 0 saturated carbocycles. The van der Waals surface area contributed by atoms with Gasteiger partial charge in [0, 0.05) is 6.54 Å². The summed E-state index contributed by atoms with van der Waals surface area (Å²) in [6.45, 7) is 3.31. The molecule has 0 spiro atoms. The number of carbonyl (C=O) groups is 1. The van der Waals surface area contributed by atoms with Gasteiger partial charge in [0.15, 0.2) is 0 Å². The van der Waals surface area contributed by atoms with Crippen molar-refractivity contribution >= 4 is 11.8 Å². The smallest absolute Gasteiger partial charge is 0.339 e. The summed E-state index contributed by atoms with van der Waals surface area (Å²) in [5, 5.41) is 16.1. The van der Waals surface area contributed by atoms with Crippen LogP contribution >= 0.6 is 0 Å². The molecule has 2 unspecified atom stereocenters. The van der Waals surface area contributed by atoms with E-state index in [9.17, 15) is 9.90 Å². The monoisotopic (exact) mass is 353 g/mol. The number of nitrogens with one attached hydrogen (secondary N) is 2. The van der Waals surface area contributed by atoms with E-state index in [4.69, 9.17) is 4.74 Å². The molecule has 2 aromatic carbocycles. The average molecular weight is 353 g/mol. The van der Waals surface area contributed by atoms with Crippen molar-refractivity contribution in [1.29, 1.82) is 0 Å². The first-order valence-corrected chi connectivity index (χ1v) is 8.58. The lowest BCUT2D eigenvalue weighted by Gasteiger charge is -2.18. The average Bonchev–Trinajstić information content (AvgIpc) is 3.17. The molecule has 136 valence electrons. The van der Waals surface area contributed by atoms with E-state index in [2.05, 4.69) is 27.8 Å². The number of amidine groups is 1. The van der Waals surface area contributed by atoms with Crippen LogP contribution in [0.1, 0.15) is 34.5 Å². The first-order chi connectivity index (χ1) is 12.6. The van der Waals surface area contributed by atoms with Crippen LogP contribution in [0.25, 0.3) is 0 Å². The summed E-state index contributed by atoms with van der Waals surface area (Å²) in [6.07, 6.45) is 0. The normalized spacial score (nSPS) is 17.3. The molecule has 6 nitrogen and oxygen atoms in total. The number of ether oxygens (including phenoxy) is 1. The number of aromatic carboxylic acids is 1. The van der Waals surface area contributed by atoms with Gasteiger partial charge < -0.3 is 20.5 Å². The third-order valence-electron chi connectivity index (χ3n) is 4.49. The number of hydrogen-bond donors (Lipinski definition) is 3. The highest BCUT2D eigenvalue weighted by Crippen LogP contribution is 2.20. The highest BCUT2D eigenvalue weighted by molar-refractivity contribution is 5.91. The molecule has 0 aromatic heterocycles. The number of hydrogen-bond acceptors (Lipinski definition) is 5. The Balaban J connectivity index is 1.59. The summed E-state index contributed by atoms with van der Waals surface area (Å²) in [6, 6.07) is 15.7. The van der Waals surface area contributed by atoms with Crippen LogP contribution in [0.15, 0.2) is 53.5 Å².